The molecule has 0 fully saturated rings. The maximum Gasteiger partial charge on any atom is 0.326 e. The summed E-state index contributed by atoms with van der Waals surface area (Å²) in [6.07, 6.45) is 6.00. The second-order valence-electron chi connectivity index (χ2n) is 3.24. The van der Waals surface area contributed by atoms with E-state index in [9.17, 15) is 4.79 Å². The lowest BCUT2D eigenvalue weighted by molar-refractivity contribution is -0.138. The molecule has 0 bridgehead atoms. The third-order valence-electron chi connectivity index (χ3n) is 2.17. The molecular formula is C9H16N2O2. The zero-order valence-corrected chi connectivity index (χ0v) is 7.84. The number of carboxylic acid groups (broad SMARTS) is 1. The van der Waals surface area contributed by atoms with Gasteiger partial charge in [0.1, 0.15) is 6.04 Å². The van der Waals surface area contributed by atoms with E-state index in [-0.39, 0.29) is 0 Å². The van der Waals surface area contributed by atoms with Gasteiger partial charge in [-0.3, -0.25) is 4.79 Å². The van der Waals surface area contributed by atoms with Crippen LogP contribution in [0.25, 0.3) is 0 Å². The zero-order valence-electron chi connectivity index (χ0n) is 7.84. The molecule has 1 unspecified atom stereocenters. The number of unbranched alkanes of at least 4 members (excludes halogenated alkanes) is 2. The Morgan fingerprint density at radius 3 is 3.00 bits per heavy atom. The Labute approximate surface area is 78.0 Å². The molecule has 1 rings (SSSR count). The quantitative estimate of drug-likeness (QED) is 0.558. The molecule has 0 spiro atoms. The summed E-state index contributed by atoms with van der Waals surface area (Å²) in [4.78, 5) is 10.7. The second kappa shape index (κ2) is 4.87. The molecule has 13 heavy (non-hydrogen) atoms. The first-order valence-corrected chi connectivity index (χ1v) is 4.68. The Balaban J connectivity index is 2.35. The summed E-state index contributed by atoms with van der Waals surface area (Å²) in [5.41, 5.74) is 6.37. The van der Waals surface area contributed by atoms with Gasteiger partial charge < -0.3 is 10.5 Å². The predicted octanol–water partition coefficient (Wildman–Crippen LogP) is 1.01. The Hall–Kier alpha value is -1.03. The fourth-order valence-electron chi connectivity index (χ4n) is 1.41. The highest BCUT2D eigenvalue weighted by atomic mass is 16.4. The van der Waals surface area contributed by atoms with Crippen LogP contribution < -0.4 is 10.9 Å². The first-order chi connectivity index (χ1) is 6.25. The lowest BCUT2D eigenvalue weighted by Crippen LogP contribution is -2.38. The molecule has 0 aromatic rings. The molecule has 0 aromatic carbocycles. The van der Waals surface area contributed by atoms with Crippen LogP contribution in [0.5, 0.6) is 0 Å². The first kappa shape index (κ1) is 10.1. The number of nitrogens with one attached hydrogen (secondary N) is 2. The van der Waals surface area contributed by atoms with Crippen LogP contribution in [0.3, 0.4) is 0 Å². The summed E-state index contributed by atoms with van der Waals surface area (Å²) in [5, 5.41) is 8.80. The monoisotopic (exact) mass is 184 g/mol. The molecule has 0 aromatic heterocycles. The highest BCUT2D eigenvalue weighted by Crippen LogP contribution is 2.14. The maximum atomic E-state index is 10.7. The van der Waals surface area contributed by atoms with E-state index >= 15 is 0 Å². The van der Waals surface area contributed by atoms with Crippen LogP contribution in [0.4, 0.5) is 0 Å². The van der Waals surface area contributed by atoms with Gasteiger partial charge in [0.05, 0.1) is 0 Å². The van der Waals surface area contributed by atoms with Crippen LogP contribution >= 0.6 is 0 Å². The van der Waals surface area contributed by atoms with Crippen molar-refractivity contribution >= 4 is 5.97 Å². The summed E-state index contributed by atoms with van der Waals surface area (Å²) >= 11 is 0. The molecule has 0 saturated heterocycles. The van der Waals surface area contributed by atoms with Gasteiger partial charge in [-0.05, 0) is 18.4 Å². The van der Waals surface area contributed by atoms with Gasteiger partial charge in [0.25, 0.3) is 0 Å². The summed E-state index contributed by atoms with van der Waals surface area (Å²) in [7, 11) is 0. The van der Waals surface area contributed by atoms with E-state index in [1.54, 1.807) is 6.20 Å². The largest absolute Gasteiger partial charge is 0.480 e. The third kappa shape index (κ3) is 2.73. The first-order valence-electron chi connectivity index (χ1n) is 4.68. The Morgan fingerprint density at radius 2 is 2.38 bits per heavy atom. The van der Waals surface area contributed by atoms with Gasteiger partial charge >= 0.3 is 5.97 Å². The summed E-state index contributed by atoms with van der Waals surface area (Å²) < 4.78 is 0. The van der Waals surface area contributed by atoms with Crippen molar-refractivity contribution in [2.75, 3.05) is 0 Å². The number of hydrogen-bond donors (Lipinski definition) is 3. The van der Waals surface area contributed by atoms with Gasteiger partial charge in [0.15, 0.2) is 0 Å². The number of hydrazine groups is 1. The van der Waals surface area contributed by atoms with Crippen molar-refractivity contribution in [3.05, 3.63) is 11.8 Å². The van der Waals surface area contributed by atoms with Gasteiger partial charge in [-0.15, -0.1) is 0 Å². The molecule has 1 atom stereocenters. The third-order valence-corrected chi connectivity index (χ3v) is 2.17. The minimum atomic E-state index is -0.812. The number of hydrogen-bond acceptors (Lipinski definition) is 3. The fourth-order valence-corrected chi connectivity index (χ4v) is 1.41. The van der Waals surface area contributed by atoms with E-state index in [1.165, 1.54) is 0 Å². The highest BCUT2D eigenvalue weighted by Gasteiger charge is 2.24. The molecular weight excluding hydrogens is 168 g/mol. The predicted molar refractivity (Wildman–Crippen MR) is 49.9 cm³/mol. The van der Waals surface area contributed by atoms with E-state index < -0.39 is 12.0 Å². The molecule has 0 aliphatic carbocycles. The van der Waals surface area contributed by atoms with Gasteiger partial charge in [-0.1, -0.05) is 19.8 Å². The van der Waals surface area contributed by atoms with Crippen LogP contribution in [0.1, 0.15) is 32.6 Å². The number of carbonyl (C=O) groups is 1. The number of rotatable bonds is 5. The zero-order chi connectivity index (χ0) is 9.68. The average molecular weight is 184 g/mol. The standard InChI is InChI=1S/C9H16N2O2/c1-2-3-4-5-7-6-10-11-8(7)9(12)13/h6,8,10-11H,2-5H2,1H3,(H,12,13). The van der Waals surface area contributed by atoms with Gasteiger partial charge in [-0.2, -0.15) is 0 Å². The average Bonchev–Trinajstić information content (AvgIpc) is 2.53. The number of aliphatic carboxylic acids is 1. The van der Waals surface area contributed by atoms with Crippen molar-refractivity contribution in [2.24, 2.45) is 0 Å². The van der Waals surface area contributed by atoms with E-state index in [1.807, 2.05) is 0 Å². The van der Waals surface area contributed by atoms with Crippen molar-refractivity contribution in [3.8, 4) is 0 Å². The lowest BCUT2D eigenvalue weighted by Gasteiger charge is -2.08. The highest BCUT2D eigenvalue weighted by molar-refractivity contribution is 5.77. The second-order valence-corrected chi connectivity index (χ2v) is 3.24. The van der Waals surface area contributed by atoms with Crippen LogP contribution in [0.2, 0.25) is 0 Å². The van der Waals surface area contributed by atoms with E-state index in [2.05, 4.69) is 17.8 Å². The minimum absolute atomic E-state index is 0.531. The van der Waals surface area contributed by atoms with Crippen molar-refractivity contribution < 1.29 is 9.90 Å². The molecule has 4 nitrogen and oxygen atoms in total. The van der Waals surface area contributed by atoms with E-state index in [0.29, 0.717) is 0 Å². The molecule has 3 N–H and O–H groups in total. The molecule has 1 aliphatic rings. The van der Waals surface area contributed by atoms with Crippen molar-refractivity contribution in [1.29, 1.82) is 0 Å². The molecule has 0 radical (unpaired) electrons. The SMILES string of the molecule is CCCCCC1=CNNC1C(=O)O. The summed E-state index contributed by atoms with van der Waals surface area (Å²) in [6, 6.07) is -0.531. The van der Waals surface area contributed by atoms with Crippen molar-refractivity contribution in [2.45, 2.75) is 38.6 Å². The van der Waals surface area contributed by atoms with Crippen LogP contribution in [-0.2, 0) is 4.79 Å². The van der Waals surface area contributed by atoms with Crippen LogP contribution in [0, 0.1) is 0 Å². The van der Waals surface area contributed by atoms with Crippen molar-refractivity contribution in [3.63, 3.8) is 0 Å². The van der Waals surface area contributed by atoms with E-state index in [4.69, 9.17) is 5.11 Å². The van der Waals surface area contributed by atoms with Gasteiger partial charge in [0.2, 0.25) is 0 Å². The smallest absolute Gasteiger partial charge is 0.326 e. The molecule has 74 valence electrons. The minimum Gasteiger partial charge on any atom is -0.480 e. The molecule has 0 amide bonds. The van der Waals surface area contributed by atoms with Crippen LogP contribution in [-0.4, -0.2) is 17.1 Å². The summed E-state index contributed by atoms with van der Waals surface area (Å²) in [5.74, 6) is -0.812. The molecule has 4 heteroatoms. The van der Waals surface area contributed by atoms with Crippen LogP contribution in [0.15, 0.2) is 11.8 Å². The Kier molecular flexibility index (Phi) is 3.76. The Morgan fingerprint density at radius 1 is 1.62 bits per heavy atom. The van der Waals surface area contributed by atoms with Gasteiger partial charge in [-0.25, -0.2) is 5.43 Å². The lowest BCUT2D eigenvalue weighted by atomic mass is 10.0. The Bertz CT molecular complexity index is 214. The summed E-state index contributed by atoms with van der Waals surface area (Å²) in [6.45, 7) is 2.13. The van der Waals surface area contributed by atoms with Crippen molar-refractivity contribution in [1.82, 2.24) is 10.9 Å². The normalized spacial score (nSPS) is 21.0. The fraction of sp³-hybridized carbons (Fsp3) is 0.667. The van der Waals surface area contributed by atoms with Gasteiger partial charge in [0, 0.05) is 6.20 Å². The molecule has 1 heterocycles. The van der Waals surface area contributed by atoms with E-state index in [0.717, 1.165) is 31.3 Å². The topological polar surface area (TPSA) is 61.4 Å². The molecule has 1 aliphatic heterocycles. The maximum absolute atomic E-state index is 10.7. The number of carboxylic acids is 1. The molecule has 0 saturated carbocycles.